The number of carbonyl (C=O) groups is 1. The maximum absolute atomic E-state index is 13.0. The second-order valence-corrected chi connectivity index (χ2v) is 7.68. The van der Waals surface area contributed by atoms with Crippen molar-refractivity contribution in [3.05, 3.63) is 53.6 Å². The van der Waals surface area contributed by atoms with Crippen LogP contribution in [-0.4, -0.2) is 44.3 Å². The number of ether oxygens (including phenoxy) is 4. The van der Waals surface area contributed by atoms with Crippen LogP contribution in [0, 0.1) is 0 Å². The average Bonchev–Trinajstić information content (AvgIpc) is 3.31. The van der Waals surface area contributed by atoms with Gasteiger partial charge in [-0.25, -0.2) is 0 Å². The summed E-state index contributed by atoms with van der Waals surface area (Å²) in [6.45, 7) is 4.57. The van der Waals surface area contributed by atoms with Gasteiger partial charge >= 0.3 is 0 Å². The van der Waals surface area contributed by atoms with E-state index in [4.69, 9.17) is 18.9 Å². The lowest BCUT2D eigenvalue weighted by atomic mass is 10.0. The van der Waals surface area contributed by atoms with Gasteiger partial charge in [0.2, 0.25) is 5.91 Å². The molecule has 0 aromatic heterocycles. The van der Waals surface area contributed by atoms with Gasteiger partial charge < -0.3 is 23.8 Å². The van der Waals surface area contributed by atoms with E-state index in [0.29, 0.717) is 31.3 Å². The summed E-state index contributed by atoms with van der Waals surface area (Å²) in [6.07, 6.45) is 6.32. The van der Waals surface area contributed by atoms with Crippen LogP contribution in [0.3, 0.4) is 0 Å². The Morgan fingerprint density at radius 2 is 1.97 bits per heavy atom. The smallest absolute Gasteiger partial charge is 0.247 e. The number of benzene rings is 2. The fourth-order valence-electron chi connectivity index (χ4n) is 4.03. The van der Waals surface area contributed by atoms with Crippen LogP contribution in [0.5, 0.6) is 23.0 Å². The summed E-state index contributed by atoms with van der Waals surface area (Å²) in [5, 5.41) is 0. The zero-order chi connectivity index (χ0) is 21.6. The van der Waals surface area contributed by atoms with Gasteiger partial charge in [0.25, 0.3) is 0 Å². The van der Waals surface area contributed by atoms with E-state index >= 15 is 0 Å². The Labute approximate surface area is 183 Å². The van der Waals surface area contributed by atoms with E-state index in [2.05, 4.69) is 6.92 Å². The number of nitrogens with zero attached hydrogens (tertiary/aromatic N) is 1. The van der Waals surface area contributed by atoms with Crippen molar-refractivity contribution in [1.82, 2.24) is 4.90 Å². The molecule has 0 spiro atoms. The number of fused-ring (bicyclic) bond motifs is 1. The number of hydrogen-bond acceptors (Lipinski definition) is 5. The van der Waals surface area contributed by atoms with E-state index in [-0.39, 0.29) is 11.9 Å². The van der Waals surface area contributed by atoms with Crippen molar-refractivity contribution in [3.8, 4) is 23.0 Å². The minimum absolute atomic E-state index is 0.00247. The Balaban J connectivity index is 1.47. The molecule has 2 aromatic carbocycles. The first-order valence-electron chi connectivity index (χ1n) is 10.9. The third-order valence-corrected chi connectivity index (χ3v) is 5.55. The molecule has 2 heterocycles. The van der Waals surface area contributed by atoms with E-state index in [1.54, 1.807) is 13.2 Å². The van der Waals surface area contributed by atoms with Crippen molar-refractivity contribution in [2.75, 3.05) is 33.5 Å². The molecular formula is C25H29NO5. The molecule has 2 aliphatic heterocycles. The maximum atomic E-state index is 13.0. The van der Waals surface area contributed by atoms with Gasteiger partial charge in [-0.05, 0) is 60.7 Å². The molecule has 0 saturated carbocycles. The summed E-state index contributed by atoms with van der Waals surface area (Å²) in [4.78, 5) is 14.9. The number of rotatable bonds is 7. The average molecular weight is 424 g/mol. The van der Waals surface area contributed by atoms with E-state index in [1.807, 2.05) is 47.4 Å². The third-order valence-electron chi connectivity index (χ3n) is 5.55. The highest BCUT2D eigenvalue weighted by molar-refractivity contribution is 5.92. The molecule has 31 heavy (non-hydrogen) atoms. The highest BCUT2D eigenvalue weighted by atomic mass is 16.6. The fourth-order valence-corrected chi connectivity index (χ4v) is 4.03. The van der Waals surface area contributed by atoms with Crippen molar-refractivity contribution < 1.29 is 23.7 Å². The molecule has 6 nitrogen and oxygen atoms in total. The van der Waals surface area contributed by atoms with Gasteiger partial charge in [0, 0.05) is 12.6 Å². The predicted molar refractivity (Wildman–Crippen MR) is 119 cm³/mol. The summed E-state index contributed by atoms with van der Waals surface area (Å²) in [6, 6.07) is 11.7. The number of amides is 1. The Morgan fingerprint density at radius 3 is 2.77 bits per heavy atom. The Kier molecular flexibility index (Phi) is 6.65. The SMILES string of the molecule is CCCOc1ccc(/C=C/C(=O)N2CCCC2c2ccc3c(c2)OCCO3)cc1OC. The Morgan fingerprint density at radius 1 is 1.13 bits per heavy atom. The van der Waals surface area contributed by atoms with Gasteiger partial charge in [0.15, 0.2) is 23.0 Å². The summed E-state index contributed by atoms with van der Waals surface area (Å²) < 4.78 is 22.5. The van der Waals surface area contributed by atoms with Crippen LogP contribution in [0.1, 0.15) is 43.4 Å². The molecule has 0 aliphatic carbocycles. The molecule has 1 atom stereocenters. The van der Waals surface area contributed by atoms with Crippen LogP contribution in [0.2, 0.25) is 0 Å². The second kappa shape index (κ2) is 9.77. The number of methoxy groups -OCH3 is 1. The lowest BCUT2D eigenvalue weighted by Gasteiger charge is -2.26. The van der Waals surface area contributed by atoms with Gasteiger partial charge in [-0.15, -0.1) is 0 Å². The highest BCUT2D eigenvalue weighted by Gasteiger charge is 2.29. The van der Waals surface area contributed by atoms with E-state index in [0.717, 1.165) is 48.4 Å². The zero-order valence-corrected chi connectivity index (χ0v) is 18.1. The van der Waals surface area contributed by atoms with Gasteiger partial charge in [-0.3, -0.25) is 4.79 Å². The van der Waals surface area contributed by atoms with Crippen LogP contribution < -0.4 is 18.9 Å². The fraction of sp³-hybridized carbons (Fsp3) is 0.400. The van der Waals surface area contributed by atoms with Crippen molar-refractivity contribution in [2.45, 2.75) is 32.2 Å². The van der Waals surface area contributed by atoms with Crippen molar-refractivity contribution in [3.63, 3.8) is 0 Å². The summed E-state index contributed by atoms with van der Waals surface area (Å²) in [7, 11) is 1.62. The molecule has 4 rings (SSSR count). The van der Waals surface area contributed by atoms with E-state index in [9.17, 15) is 4.79 Å². The Hall–Kier alpha value is -3.15. The largest absolute Gasteiger partial charge is 0.493 e. The molecule has 1 fully saturated rings. The predicted octanol–water partition coefficient (Wildman–Crippen LogP) is 4.63. The standard InChI is InChI=1S/C25H29NO5/c1-3-13-29-21-9-6-18(16-23(21)28-2)7-11-25(27)26-12-4-5-20(26)19-8-10-22-24(17-19)31-15-14-30-22/h6-11,16-17,20H,3-5,12-15H2,1-2H3/b11-7+. The Bertz CT molecular complexity index is 955. The molecule has 1 saturated heterocycles. The lowest BCUT2D eigenvalue weighted by molar-refractivity contribution is -0.126. The van der Waals surface area contributed by atoms with Crippen LogP contribution in [0.15, 0.2) is 42.5 Å². The summed E-state index contributed by atoms with van der Waals surface area (Å²) in [5.74, 6) is 2.91. The molecule has 1 amide bonds. The highest BCUT2D eigenvalue weighted by Crippen LogP contribution is 2.38. The first kappa shape index (κ1) is 21.1. The quantitative estimate of drug-likeness (QED) is 0.608. The van der Waals surface area contributed by atoms with Gasteiger partial charge in [-0.2, -0.15) is 0 Å². The van der Waals surface area contributed by atoms with E-state index < -0.39 is 0 Å². The molecular weight excluding hydrogens is 394 g/mol. The molecule has 6 heteroatoms. The monoisotopic (exact) mass is 423 g/mol. The molecule has 0 bridgehead atoms. The van der Waals surface area contributed by atoms with Crippen molar-refractivity contribution in [2.24, 2.45) is 0 Å². The van der Waals surface area contributed by atoms with Crippen LogP contribution in [0.25, 0.3) is 6.08 Å². The van der Waals surface area contributed by atoms with Crippen LogP contribution in [-0.2, 0) is 4.79 Å². The molecule has 2 aliphatic rings. The summed E-state index contributed by atoms with van der Waals surface area (Å²) in [5.41, 5.74) is 1.98. The van der Waals surface area contributed by atoms with Gasteiger partial charge in [-0.1, -0.05) is 19.1 Å². The molecule has 164 valence electrons. The third kappa shape index (κ3) is 4.79. The number of hydrogen-bond donors (Lipinski definition) is 0. The van der Waals surface area contributed by atoms with Crippen LogP contribution >= 0.6 is 0 Å². The van der Waals surface area contributed by atoms with Gasteiger partial charge in [0.1, 0.15) is 13.2 Å². The minimum Gasteiger partial charge on any atom is -0.493 e. The topological polar surface area (TPSA) is 57.2 Å². The van der Waals surface area contributed by atoms with Crippen LogP contribution in [0.4, 0.5) is 0 Å². The second-order valence-electron chi connectivity index (χ2n) is 7.68. The first-order chi connectivity index (χ1) is 15.2. The first-order valence-corrected chi connectivity index (χ1v) is 10.9. The minimum atomic E-state index is 0.00247. The molecule has 0 N–H and O–H groups in total. The van der Waals surface area contributed by atoms with E-state index in [1.165, 1.54) is 0 Å². The maximum Gasteiger partial charge on any atom is 0.247 e. The normalized spacial score (nSPS) is 17.7. The molecule has 0 radical (unpaired) electrons. The zero-order valence-electron chi connectivity index (χ0n) is 18.1. The molecule has 1 unspecified atom stereocenters. The number of carbonyl (C=O) groups excluding carboxylic acids is 1. The van der Waals surface area contributed by atoms with Crippen molar-refractivity contribution in [1.29, 1.82) is 0 Å². The summed E-state index contributed by atoms with van der Waals surface area (Å²) >= 11 is 0. The van der Waals surface area contributed by atoms with Crippen molar-refractivity contribution >= 4 is 12.0 Å². The molecule has 2 aromatic rings. The van der Waals surface area contributed by atoms with Gasteiger partial charge in [0.05, 0.1) is 19.8 Å². The lowest BCUT2D eigenvalue weighted by Crippen LogP contribution is -2.29. The number of likely N-dealkylation sites (tertiary alicyclic amines) is 1.